The molecule has 0 unspecified atom stereocenters. The highest BCUT2D eigenvalue weighted by Gasteiger charge is 2.34. The van der Waals surface area contributed by atoms with Crippen LogP contribution in [0.4, 0.5) is 0 Å². The van der Waals surface area contributed by atoms with Gasteiger partial charge in [0.1, 0.15) is 0 Å². The van der Waals surface area contributed by atoms with Crippen LogP contribution < -0.4 is 0 Å². The standard InChI is InChI=1S/C18H16N2O2/c21-17-15-9-3-4-10-16(15)18(22)20(17)12-5-1-2-7-14-8-6-11-19-13-14/h1-4,6,8-11,13H,5,7,12H2/b2-1+. The minimum Gasteiger partial charge on any atom is -0.274 e. The molecule has 0 radical (unpaired) electrons. The molecule has 1 aliphatic heterocycles. The first-order valence-electron chi connectivity index (χ1n) is 7.26. The Balaban J connectivity index is 1.55. The van der Waals surface area contributed by atoms with Crippen molar-refractivity contribution in [3.63, 3.8) is 0 Å². The number of pyridine rings is 1. The average molecular weight is 292 g/mol. The Bertz CT molecular complexity index is 688. The maximum atomic E-state index is 12.2. The van der Waals surface area contributed by atoms with E-state index in [2.05, 4.69) is 4.98 Å². The van der Waals surface area contributed by atoms with Gasteiger partial charge in [-0.3, -0.25) is 19.5 Å². The Morgan fingerprint density at radius 3 is 2.32 bits per heavy atom. The minimum atomic E-state index is -0.193. The number of nitrogens with zero attached hydrogens (tertiary/aromatic N) is 2. The molecule has 2 amide bonds. The van der Waals surface area contributed by atoms with Crippen molar-refractivity contribution in [2.24, 2.45) is 0 Å². The van der Waals surface area contributed by atoms with E-state index in [1.165, 1.54) is 4.90 Å². The number of carbonyl (C=O) groups excluding carboxylic acids is 2. The summed E-state index contributed by atoms with van der Waals surface area (Å²) in [5.74, 6) is -0.387. The van der Waals surface area contributed by atoms with E-state index in [0.717, 1.165) is 12.0 Å². The van der Waals surface area contributed by atoms with Crippen LogP contribution >= 0.6 is 0 Å². The molecular formula is C18H16N2O2. The smallest absolute Gasteiger partial charge is 0.261 e. The van der Waals surface area contributed by atoms with Gasteiger partial charge in [-0.2, -0.15) is 0 Å². The summed E-state index contributed by atoms with van der Waals surface area (Å²) < 4.78 is 0. The number of allylic oxidation sites excluding steroid dienone is 1. The van der Waals surface area contributed by atoms with E-state index in [1.807, 2.05) is 30.5 Å². The van der Waals surface area contributed by atoms with Gasteiger partial charge in [0, 0.05) is 18.9 Å². The third-order valence-electron chi connectivity index (χ3n) is 3.64. The first-order valence-corrected chi connectivity index (χ1v) is 7.26. The minimum absolute atomic E-state index is 0.193. The van der Waals surface area contributed by atoms with Crippen molar-refractivity contribution in [1.29, 1.82) is 0 Å². The van der Waals surface area contributed by atoms with Crippen LogP contribution in [0.5, 0.6) is 0 Å². The fraction of sp³-hybridized carbons (Fsp3) is 0.167. The van der Waals surface area contributed by atoms with Crippen molar-refractivity contribution < 1.29 is 9.59 Å². The summed E-state index contributed by atoms with van der Waals surface area (Å²) in [6, 6.07) is 10.9. The molecule has 1 aliphatic rings. The fourth-order valence-electron chi connectivity index (χ4n) is 2.50. The van der Waals surface area contributed by atoms with Crippen LogP contribution in [0, 0.1) is 0 Å². The quantitative estimate of drug-likeness (QED) is 0.629. The monoisotopic (exact) mass is 292 g/mol. The van der Waals surface area contributed by atoms with Gasteiger partial charge in [-0.15, -0.1) is 0 Å². The largest absolute Gasteiger partial charge is 0.274 e. The van der Waals surface area contributed by atoms with Crippen LogP contribution in [0.15, 0.2) is 60.9 Å². The fourth-order valence-corrected chi connectivity index (χ4v) is 2.50. The number of benzene rings is 1. The highest BCUT2D eigenvalue weighted by atomic mass is 16.2. The topological polar surface area (TPSA) is 50.3 Å². The predicted molar refractivity (Wildman–Crippen MR) is 83.5 cm³/mol. The van der Waals surface area contributed by atoms with Crippen LogP contribution in [0.2, 0.25) is 0 Å². The molecule has 4 heteroatoms. The molecular weight excluding hydrogens is 276 g/mol. The van der Waals surface area contributed by atoms with Gasteiger partial charge in [-0.25, -0.2) is 0 Å². The SMILES string of the molecule is O=C1c2ccccc2C(=O)N1CC/C=C/Cc1cccnc1. The van der Waals surface area contributed by atoms with E-state index in [-0.39, 0.29) is 11.8 Å². The zero-order chi connectivity index (χ0) is 15.4. The van der Waals surface area contributed by atoms with Crippen LogP contribution in [0.1, 0.15) is 32.7 Å². The van der Waals surface area contributed by atoms with Crippen molar-refractivity contribution in [2.75, 3.05) is 6.54 Å². The maximum absolute atomic E-state index is 12.2. The molecule has 0 aliphatic carbocycles. The summed E-state index contributed by atoms with van der Waals surface area (Å²) in [5.41, 5.74) is 2.15. The number of fused-ring (bicyclic) bond motifs is 1. The van der Waals surface area contributed by atoms with Crippen LogP contribution in [-0.2, 0) is 6.42 Å². The number of rotatable bonds is 5. The molecule has 0 N–H and O–H groups in total. The summed E-state index contributed by atoms with van der Waals surface area (Å²) in [4.78, 5) is 29.7. The lowest BCUT2D eigenvalue weighted by Gasteiger charge is -2.11. The van der Waals surface area contributed by atoms with E-state index in [9.17, 15) is 9.59 Å². The molecule has 0 bridgehead atoms. The first-order chi connectivity index (χ1) is 10.8. The first kappa shape index (κ1) is 14.2. The van der Waals surface area contributed by atoms with Gasteiger partial charge in [-0.1, -0.05) is 30.4 Å². The van der Waals surface area contributed by atoms with Crippen molar-refractivity contribution in [1.82, 2.24) is 9.88 Å². The number of amides is 2. The Labute approximate surface area is 129 Å². The van der Waals surface area contributed by atoms with Gasteiger partial charge < -0.3 is 0 Å². The number of carbonyl (C=O) groups is 2. The predicted octanol–water partition coefficient (Wildman–Crippen LogP) is 2.87. The highest BCUT2D eigenvalue weighted by molar-refractivity contribution is 6.21. The Morgan fingerprint density at radius 2 is 1.68 bits per heavy atom. The molecule has 110 valence electrons. The van der Waals surface area contributed by atoms with E-state index in [4.69, 9.17) is 0 Å². The molecule has 0 atom stereocenters. The Kier molecular flexibility index (Phi) is 4.10. The summed E-state index contributed by atoms with van der Waals surface area (Å²) in [5, 5.41) is 0. The molecule has 4 nitrogen and oxygen atoms in total. The summed E-state index contributed by atoms with van der Waals surface area (Å²) in [6.07, 6.45) is 9.07. The molecule has 0 saturated carbocycles. The van der Waals surface area contributed by atoms with Gasteiger partial charge in [-0.05, 0) is 36.6 Å². The number of imide groups is 1. The van der Waals surface area contributed by atoms with Crippen LogP contribution in [-0.4, -0.2) is 28.2 Å². The number of aromatic nitrogens is 1. The molecule has 1 aromatic heterocycles. The lowest BCUT2D eigenvalue weighted by molar-refractivity contribution is 0.0657. The van der Waals surface area contributed by atoms with E-state index < -0.39 is 0 Å². The van der Waals surface area contributed by atoms with E-state index >= 15 is 0 Å². The Hall–Kier alpha value is -2.75. The zero-order valence-electron chi connectivity index (χ0n) is 12.1. The van der Waals surface area contributed by atoms with Crippen molar-refractivity contribution in [3.05, 3.63) is 77.6 Å². The number of hydrogen-bond donors (Lipinski definition) is 0. The van der Waals surface area contributed by atoms with Crippen molar-refractivity contribution in [2.45, 2.75) is 12.8 Å². The normalized spacial score (nSPS) is 13.9. The summed E-state index contributed by atoms with van der Waals surface area (Å²) in [7, 11) is 0. The van der Waals surface area contributed by atoms with Crippen molar-refractivity contribution in [3.8, 4) is 0 Å². The second kappa shape index (κ2) is 6.35. The molecule has 2 heterocycles. The third kappa shape index (κ3) is 2.81. The molecule has 0 fully saturated rings. The summed E-state index contributed by atoms with van der Waals surface area (Å²) >= 11 is 0. The molecule has 22 heavy (non-hydrogen) atoms. The third-order valence-corrected chi connectivity index (χ3v) is 3.64. The number of hydrogen-bond acceptors (Lipinski definition) is 3. The summed E-state index contributed by atoms with van der Waals surface area (Å²) in [6.45, 7) is 0.413. The second-order valence-corrected chi connectivity index (χ2v) is 5.13. The zero-order valence-corrected chi connectivity index (χ0v) is 12.1. The van der Waals surface area contributed by atoms with Crippen molar-refractivity contribution >= 4 is 11.8 Å². The molecule has 0 spiro atoms. The van der Waals surface area contributed by atoms with Crippen LogP contribution in [0.3, 0.4) is 0 Å². The highest BCUT2D eigenvalue weighted by Crippen LogP contribution is 2.22. The van der Waals surface area contributed by atoms with Gasteiger partial charge in [0.15, 0.2) is 0 Å². The van der Waals surface area contributed by atoms with E-state index in [0.29, 0.717) is 24.1 Å². The second-order valence-electron chi connectivity index (χ2n) is 5.13. The Morgan fingerprint density at radius 1 is 0.955 bits per heavy atom. The molecule has 3 rings (SSSR count). The average Bonchev–Trinajstić information content (AvgIpc) is 2.81. The van der Waals surface area contributed by atoms with Gasteiger partial charge in [0.2, 0.25) is 0 Å². The molecule has 0 saturated heterocycles. The van der Waals surface area contributed by atoms with Gasteiger partial charge in [0.25, 0.3) is 11.8 Å². The molecule has 2 aromatic rings. The van der Waals surface area contributed by atoms with E-state index in [1.54, 1.807) is 30.5 Å². The lowest BCUT2D eigenvalue weighted by atomic mass is 10.1. The maximum Gasteiger partial charge on any atom is 0.261 e. The molecule has 1 aromatic carbocycles. The van der Waals surface area contributed by atoms with Gasteiger partial charge >= 0.3 is 0 Å². The lowest BCUT2D eigenvalue weighted by Crippen LogP contribution is -2.30. The van der Waals surface area contributed by atoms with Crippen LogP contribution in [0.25, 0.3) is 0 Å². The van der Waals surface area contributed by atoms with Gasteiger partial charge in [0.05, 0.1) is 11.1 Å².